The first-order chi connectivity index (χ1) is 7.67. The molecule has 1 aromatic rings. The van der Waals surface area contributed by atoms with E-state index in [1.165, 1.54) is 0 Å². The van der Waals surface area contributed by atoms with Crippen molar-refractivity contribution in [3.05, 3.63) is 11.8 Å². The molecule has 0 aliphatic carbocycles. The van der Waals surface area contributed by atoms with Crippen LogP contribution in [-0.4, -0.2) is 41.4 Å². The summed E-state index contributed by atoms with van der Waals surface area (Å²) in [7, 11) is 1.62. The van der Waals surface area contributed by atoms with Gasteiger partial charge in [-0.2, -0.15) is 4.98 Å². The van der Waals surface area contributed by atoms with Crippen molar-refractivity contribution in [2.24, 2.45) is 0 Å². The van der Waals surface area contributed by atoms with Gasteiger partial charge in [-0.3, -0.25) is 0 Å². The summed E-state index contributed by atoms with van der Waals surface area (Å²) in [6.07, 6.45) is 2.25. The number of hydrogen-bond acceptors (Lipinski definition) is 6. The van der Waals surface area contributed by atoms with E-state index in [1.54, 1.807) is 13.3 Å². The average molecular weight is 226 g/mol. The van der Waals surface area contributed by atoms with Gasteiger partial charge in [0, 0.05) is 25.5 Å². The number of aliphatic hydroxyl groups excluding tert-OH is 1. The van der Waals surface area contributed by atoms with Crippen LogP contribution in [0.15, 0.2) is 6.20 Å². The SMILES string of the molecule is COCC(CCO)Nc1nc(N)ncc1C. The highest BCUT2D eigenvalue weighted by molar-refractivity contribution is 5.45. The summed E-state index contributed by atoms with van der Waals surface area (Å²) in [5.41, 5.74) is 6.42. The van der Waals surface area contributed by atoms with Crippen LogP contribution in [0.2, 0.25) is 0 Å². The molecule has 1 heterocycles. The van der Waals surface area contributed by atoms with Gasteiger partial charge in [0.2, 0.25) is 5.95 Å². The number of nitrogen functional groups attached to an aromatic ring is 1. The Hall–Kier alpha value is -1.40. The second kappa shape index (κ2) is 6.24. The topological polar surface area (TPSA) is 93.3 Å². The van der Waals surface area contributed by atoms with E-state index >= 15 is 0 Å². The average Bonchev–Trinajstić information content (AvgIpc) is 2.24. The maximum absolute atomic E-state index is 8.91. The molecule has 0 saturated heterocycles. The van der Waals surface area contributed by atoms with Crippen molar-refractivity contribution in [3.8, 4) is 0 Å². The van der Waals surface area contributed by atoms with Crippen molar-refractivity contribution in [2.75, 3.05) is 31.4 Å². The molecule has 6 heteroatoms. The van der Waals surface area contributed by atoms with Gasteiger partial charge in [0.05, 0.1) is 12.6 Å². The molecule has 0 aromatic carbocycles. The van der Waals surface area contributed by atoms with E-state index in [4.69, 9.17) is 15.6 Å². The van der Waals surface area contributed by atoms with Gasteiger partial charge in [-0.05, 0) is 13.3 Å². The van der Waals surface area contributed by atoms with Gasteiger partial charge >= 0.3 is 0 Å². The molecule has 6 nitrogen and oxygen atoms in total. The van der Waals surface area contributed by atoms with E-state index in [9.17, 15) is 0 Å². The van der Waals surface area contributed by atoms with Crippen molar-refractivity contribution in [3.63, 3.8) is 0 Å². The summed E-state index contributed by atoms with van der Waals surface area (Å²) in [5, 5.41) is 12.1. The van der Waals surface area contributed by atoms with Crippen LogP contribution in [0.3, 0.4) is 0 Å². The highest BCUT2D eigenvalue weighted by atomic mass is 16.5. The van der Waals surface area contributed by atoms with E-state index in [1.807, 2.05) is 6.92 Å². The van der Waals surface area contributed by atoms with E-state index in [0.717, 1.165) is 5.56 Å². The molecule has 0 fully saturated rings. The maximum Gasteiger partial charge on any atom is 0.221 e. The Morgan fingerprint density at radius 1 is 1.62 bits per heavy atom. The Bertz CT molecular complexity index is 327. The van der Waals surface area contributed by atoms with Crippen LogP contribution in [0, 0.1) is 6.92 Å². The molecule has 0 aliphatic rings. The number of nitrogens with one attached hydrogen (secondary N) is 1. The number of hydrogen-bond donors (Lipinski definition) is 3. The second-order valence-corrected chi connectivity index (χ2v) is 3.57. The lowest BCUT2D eigenvalue weighted by atomic mass is 10.2. The highest BCUT2D eigenvalue weighted by Gasteiger charge is 2.10. The summed E-state index contributed by atoms with van der Waals surface area (Å²) in [6.45, 7) is 2.50. The van der Waals surface area contributed by atoms with Crippen molar-refractivity contribution in [2.45, 2.75) is 19.4 Å². The number of nitrogens with two attached hydrogens (primary N) is 1. The Labute approximate surface area is 94.9 Å². The number of ether oxygens (including phenoxy) is 1. The van der Waals surface area contributed by atoms with Gasteiger partial charge in [-0.1, -0.05) is 0 Å². The molecular weight excluding hydrogens is 208 g/mol. The Morgan fingerprint density at radius 3 is 3.00 bits per heavy atom. The lowest BCUT2D eigenvalue weighted by Crippen LogP contribution is -2.27. The standard InChI is InChI=1S/C10H18N4O2/c1-7-5-12-10(11)14-9(7)13-8(3-4-15)6-16-2/h5,8,15H,3-4,6H2,1-2H3,(H3,11,12,13,14). The molecule has 0 aliphatic heterocycles. The zero-order chi connectivity index (χ0) is 12.0. The Kier molecular flexibility index (Phi) is 4.94. The van der Waals surface area contributed by atoms with Gasteiger partial charge in [0.1, 0.15) is 5.82 Å². The quantitative estimate of drug-likeness (QED) is 0.640. The summed E-state index contributed by atoms with van der Waals surface area (Å²) in [4.78, 5) is 7.98. The normalized spacial score (nSPS) is 12.4. The number of methoxy groups -OCH3 is 1. The molecular formula is C10H18N4O2. The van der Waals surface area contributed by atoms with Gasteiger partial charge < -0.3 is 20.9 Å². The molecule has 0 amide bonds. The summed E-state index contributed by atoms with van der Waals surface area (Å²) >= 11 is 0. The second-order valence-electron chi connectivity index (χ2n) is 3.57. The predicted octanol–water partition coefficient (Wildman–Crippen LogP) is 0.177. The molecule has 0 spiro atoms. The first-order valence-corrected chi connectivity index (χ1v) is 5.12. The molecule has 4 N–H and O–H groups in total. The largest absolute Gasteiger partial charge is 0.396 e. The number of nitrogens with zero attached hydrogens (tertiary/aromatic N) is 2. The minimum atomic E-state index is 0.0167. The molecule has 1 unspecified atom stereocenters. The summed E-state index contributed by atoms with van der Waals surface area (Å²) < 4.78 is 5.05. The number of aromatic nitrogens is 2. The minimum absolute atomic E-state index is 0.0167. The fraction of sp³-hybridized carbons (Fsp3) is 0.600. The van der Waals surface area contributed by atoms with Gasteiger partial charge in [0.15, 0.2) is 0 Å². The first kappa shape index (κ1) is 12.7. The maximum atomic E-state index is 8.91. The van der Waals surface area contributed by atoms with E-state index in [2.05, 4.69) is 15.3 Å². The summed E-state index contributed by atoms with van der Waals surface area (Å²) in [6, 6.07) is 0.0167. The Balaban J connectivity index is 2.71. The van der Waals surface area contributed by atoms with Crippen LogP contribution in [0.5, 0.6) is 0 Å². The van der Waals surface area contributed by atoms with Crippen molar-refractivity contribution in [1.29, 1.82) is 0 Å². The molecule has 90 valence electrons. The number of aryl methyl sites for hydroxylation is 1. The molecule has 1 atom stereocenters. The Morgan fingerprint density at radius 2 is 2.38 bits per heavy atom. The third kappa shape index (κ3) is 3.63. The molecule has 1 aromatic heterocycles. The molecule has 0 bridgehead atoms. The van der Waals surface area contributed by atoms with Crippen LogP contribution >= 0.6 is 0 Å². The fourth-order valence-electron chi connectivity index (χ4n) is 1.35. The fourth-order valence-corrected chi connectivity index (χ4v) is 1.35. The molecule has 0 radical (unpaired) electrons. The lowest BCUT2D eigenvalue weighted by Gasteiger charge is -2.18. The number of rotatable bonds is 6. The van der Waals surface area contributed by atoms with E-state index in [-0.39, 0.29) is 18.6 Å². The van der Waals surface area contributed by atoms with Crippen molar-refractivity contribution < 1.29 is 9.84 Å². The number of anilines is 2. The zero-order valence-electron chi connectivity index (χ0n) is 9.60. The summed E-state index contributed by atoms with van der Waals surface area (Å²) in [5.74, 6) is 0.913. The van der Waals surface area contributed by atoms with Crippen molar-refractivity contribution >= 4 is 11.8 Å². The molecule has 1 rings (SSSR count). The predicted molar refractivity (Wildman–Crippen MR) is 62.2 cm³/mol. The smallest absolute Gasteiger partial charge is 0.221 e. The van der Waals surface area contributed by atoms with Gasteiger partial charge in [0.25, 0.3) is 0 Å². The van der Waals surface area contributed by atoms with Crippen LogP contribution in [0.4, 0.5) is 11.8 Å². The van der Waals surface area contributed by atoms with E-state index in [0.29, 0.717) is 18.8 Å². The third-order valence-corrected chi connectivity index (χ3v) is 2.18. The van der Waals surface area contributed by atoms with Crippen molar-refractivity contribution in [1.82, 2.24) is 9.97 Å². The van der Waals surface area contributed by atoms with Crippen LogP contribution < -0.4 is 11.1 Å². The van der Waals surface area contributed by atoms with E-state index < -0.39 is 0 Å². The minimum Gasteiger partial charge on any atom is -0.396 e. The van der Waals surface area contributed by atoms with Crippen LogP contribution in [-0.2, 0) is 4.74 Å². The monoisotopic (exact) mass is 226 g/mol. The highest BCUT2D eigenvalue weighted by Crippen LogP contribution is 2.13. The van der Waals surface area contributed by atoms with Gasteiger partial charge in [-0.15, -0.1) is 0 Å². The first-order valence-electron chi connectivity index (χ1n) is 5.12. The lowest BCUT2D eigenvalue weighted by molar-refractivity contribution is 0.170. The molecule has 16 heavy (non-hydrogen) atoms. The van der Waals surface area contributed by atoms with Crippen LogP contribution in [0.1, 0.15) is 12.0 Å². The zero-order valence-corrected chi connectivity index (χ0v) is 9.60. The van der Waals surface area contributed by atoms with Crippen LogP contribution in [0.25, 0.3) is 0 Å². The third-order valence-electron chi connectivity index (χ3n) is 2.18. The molecule has 0 saturated carbocycles. The van der Waals surface area contributed by atoms with Gasteiger partial charge in [-0.25, -0.2) is 4.98 Å². The number of aliphatic hydroxyl groups is 1.